The van der Waals surface area contributed by atoms with Crippen LogP contribution in [0.25, 0.3) is 0 Å². The molecule has 2 aliphatic rings. The molecule has 3 N–H and O–H groups in total. The van der Waals surface area contributed by atoms with Crippen molar-refractivity contribution >= 4 is 0 Å². The first-order chi connectivity index (χ1) is 9.72. The van der Waals surface area contributed by atoms with Gasteiger partial charge in [-0.1, -0.05) is 6.92 Å². The summed E-state index contributed by atoms with van der Waals surface area (Å²) in [7, 11) is 0. The SMILES string of the molecule is CCCN1CC(CC(O)C2CC2)CC(NCCCO)C1. The van der Waals surface area contributed by atoms with Gasteiger partial charge in [-0.05, 0) is 63.5 Å². The number of nitrogens with zero attached hydrogens (tertiary/aromatic N) is 1. The van der Waals surface area contributed by atoms with Gasteiger partial charge in [-0.3, -0.25) is 0 Å². The summed E-state index contributed by atoms with van der Waals surface area (Å²) in [4.78, 5) is 2.55. The molecule has 0 aromatic carbocycles. The highest BCUT2D eigenvalue weighted by molar-refractivity contribution is 4.88. The lowest BCUT2D eigenvalue weighted by Crippen LogP contribution is -2.50. The Balaban J connectivity index is 1.79. The number of likely N-dealkylation sites (tertiary alicyclic amines) is 1. The van der Waals surface area contributed by atoms with Crippen LogP contribution in [0.4, 0.5) is 0 Å². The number of nitrogens with one attached hydrogen (secondary N) is 1. The van der Waals surface area contributed by atoms with Crippen molar-refractivity contribution in [1.82, 2.24) is 10.2 Å². The van der Waals surface area contributed by atoms with E-state index in [2.05, 4.69) is 17.1 Å². The van der Waals surface area contributed by atoms with Gasteiger partial charge >= 0.3 is 0 Å². The summed E-state index contributed by atoms with van der Waals surface area (Å²) in [6.07, 6.45) is 6.56. The van der Waals surface area contributed by atoms with Crippen molar-refractivity contribution in [2.24, 2.45) is 11.8 Å². The van der Waals surface area contributed by atoms with Gasteiger partial charge < -0.3 is 20.4 Å². The quantitative estimate of drug-likeness (QED) is 0.557. The fraction of sp³-hybridized carbons (Fsp3) is 1.00. The number of aliphatic hydroxyl groups is 2. The van der Waals surface area contributed by atoms with E-state index in [-0.39, 0.29) is 12.7 Å². The van der Waals surface area contributed by atoms with Crippen molar-refractivity contribution in [1.29, 1.82) is 0 Å². The second-order valence-electron chi connectivity index (χ2n) is 6.73. The number of rotatable bonds is 9. The van der Waals surface area contributed by atoms with E-state index in [9.17, 15) is 5.11 Å². The van der Waals surface area contributed by atoms with Gasteiger partial charge in [0, 0.05) is 25.7 Å². The summed E-state index contributed by atoms with van der Waals surface area (Å²) >= 11 is 0. The van der Waals surface area contributed by atoms with E-state index in [0.29, 0.717) is 17.9 Å². The molecule has 118 valence electrons. The van der Waals surface area contributed by atoms with Crippen LogP contribution in [0.15, 0.2) is 0 Å². The molecule has 1 aliphatic carbocycles. The Morgan fingerprint density at radius 1 is 1.30 bits per heavy atom. The molecule has 0 spiro atoms. The topological polar surface area (TPSA) is 55.7 Å². The van der Waals surface area contributed by atoms with Crippen LogP contribution < -0.4 is 5.32 Å². The van der Waals surface area contributed by atoms with E-state index in [1.807, 2.05) is 0 Å². The third-order valence-electron chi connectivity index (χ3n) is 4.66. The van der Waals surface area contributed by atoms with Crippen molar-refractivity contribution in [2.45, 2.75) is 57.6 Å². The van der Waals surface area contributed by atoms with Crippen molar-refractivity contribution < 1.29 is 10.2 Å². The zero-order valence-electron chi connectivity index (χ0n) is 12.9. The first-order valence-corrected chi connectivity index (χ1v) is 8.47. The maximum Gasteiger partial charge on any atom is 0.0571 e. The molecule has 2 rings (SSSR count). The van der Waals surface area contributed by atoms with Crippen molar-refractivity contribution in [3.8, 4) is 0 Å². The van der Waals surface area contributed by atoms with Crippen molar-refractivity contribution in [3.63, 3.8) is 0 Å². The Labute approximate surface area is 123 Å². The van der Waals surface area contributed by atoms with E-state index in [0.717, 1.165) is 39.0 Å². The van der Waals surface area contributed by atoms with E-state index in [1.54, 1.807) is 0 Å². The third kappa shape index (κ3) is 5.32. The Morgan fingerprint density at radius 2 is 2.10 bits per heavy atom. The number of aliphatic hydroxyl groups excluding tert-OH is 2. The monoisotopic (exact) mass is 284 g/mol. The lowest BCUT2D eigenvalue weighted by molar-refractivity contribution is 0.0746. The second-order valence-corrected chi connectivity index (χ2v) is 6.73. The maximum atomic E-state index is 10.2. The van der Waals surface area contributed by atoms with E-state index < -0.39 is 0 Å². The van der Waals surface area contributed by atoms with Gasteiger partial charge in [-0.25, -0.2) is 0 Å². The Morgan fingerprint density at radius 3 is 2.75 bits per heavy atom. The first kappa shape index (κ1) is 16.2. The second kappa shape index (κ2) is 8.32. The van der Waals surface area contributed by atoms with Crippen LogP contribution >= 0.6 is 0 Å². The van der Waals surface area contributed by atoms with Crippen LogP contribution in [0.1, 0.15) is 45.4 Å². The molecule has 2 fully saturated rings. The minimum absolute atomic E-state index is 0.0698. The number of hydrogen-bond acceptors (Lipinski definition) is 4. The Kier molecular flexibility index (Phi) is 6.75. The molecule has 3 atom stereocenters. The molecule has 0 amide bonds. The van der Waals surface area contributed by atoms with Gasteiger partial charge in [0.05, 0.1) is 6.10 Å². The molecule has 0 aromatic heterocycles. The minimum atomic E-state index is -0.0698. The highest BCUT2D eigenvalue weighted by Crippen LogP contribution is 2.36. The van der Waals surface area contributed by atoms with Crippen LogP contribution in [0.2, 0.25) is 0 Å². The lowest BCUT2D eigenvalue weighted by Gasteiger charge is -2.39. The van der Waals surface area contributed by atoms with E-state index in [4.69, 9.17) is 5.11 Å². The Bertz CT molecular complexity index is 271. The molecule has 20 heavy (non-hydrogen) atoms. The summed E-state index contributed by atoms with van der Waals surface area (Å²) in [5.41, 5.74) is 0. The predicted octanol–water partition coefficient (Wildman–Crippen LogP) is 1.22. The van der Waals surface area contributed by atoms with Crippen LogP contribution in [-0.4, -0.2) is 60.0 Å². The van der Waals surface area contributed by atoms with E-state index >= 15 is 0 Å². The molecule has 4 nitrogen and oxygen atoms in total. The molecule has 1 aliphatic heterocycles. The fourth-order valence-electron chi connectivity index (χ4n) is 3.52. The largest absolute Gasteiger partial charge is 0.396 e. The normalized spacial score (nSPS) is 29.6. The van der Waals surface area contributed by atoms with Gasteiger partial charge in [0.15, 0.2) is 0 Å². The molecule has 4 heteroatoms. The van der Waals surface area contributed by atoms with Gasteiger partial charge in [0.1, 0.15) is 0 Å². The molecule has 0 bridgehead atoms. The van der Waals surface area contributed by atoms with Gasteiger partial charge in [-0.15, -0.1) is 0 Å². The minimum Gasteiger partial charge on any atom is -0.396 e. The van der Waals surface area contributed by atoms with Crippen molar-refractivity contribution in [2.75, 3.05) is 32.8 Å². The maximum absolute atomic E-state index is 10.2. The molecule has 1 saturated carbocycles. The Hall–Kier alpha value is -0.160. The highest BCUT2D eigenvalue weighted by Gasteiger charge is 2.34. The molecule has 0 radical (unpaired) electrons. The molecule has 1 heterocycles. The standard InChI is InChI=1S/C16H32N2O2/c1-2-7-18-11-13(10-16(20)14-4-5-14)9-15(12-18)17-6-3-8-19/h13-17,19-20H,2-12H2,1H3. The average Bonchev–Trinajstić information content (AvgIpc) is 3.23. The summed E-state index contributed by atoms with van der Waals surface area (Å²) in [5.74, 6) is 1.22. The van der Waals surface area contributed by atoms with Gasteiger partial charge in [0.2, 0.25) is 0 Å². The zero-order chi connectivity index (χ0) is 14.4. The predicted molar refractivity (Wildman–Crippen MR) is 81.7 cm³/mol. The smallest absolute Gasteiger partial charge is 0.0571 e. The summed E-state index contributed by atoms with van der Waals surface area (Å²) in [6, 6.07) is 0.526. The molecular weight excluding hydrogens is 252 g/mol. The highest BCUT2D eigenvalue weighted by atomic mass is 16.3. The van der Waals surface area contributed by atoms with Crippen LogP contribution in [0.5, 0.6) is 0 Å². The number of piperidine rings is 1. The van der Waals surface area contributed by atoms with Gasteiger partial charge in [0.25, 0.3) is 0 Å². The van der Waals surface area contributed by atoms with Crippen molar-refractivity contribution in [3.05, 3.63) is 0 Å². The zero-order valence-corrected chi connectivity index (χ0v) is 12.9. The molecule has 1 saturated heterocycles. The number of hydrogen-bond donors (Lipinski definition) is 3. The average molecular weight is 284 g/mol. The van der Waals surface area contributed by atoms with E-state index in [1.165, 1.54) is 25.7 Å². The van der Waals surface area contributed by atoms with Gasteiger partial charge in [-0.2, -0.15) is 0 Å². The molecular formula is C16H32N2O2. The summed E-state index contributed by atoms with van der Waals surface area (Å²) in [6.45, 7) is 6.83. The molecule has 0 aromatic rings. The first-order valence-electron chi connectivity index (χ1n) is 8.47. The van der Waals surface area contributed by atoms with Crippen LogP contribution in [0.3, 0.4) is 0 Å². The third-order valence-corrected chi connectivity index (χ3v) is 4.66. The fourth-order valence-corrected chi connectivity index (χ4v) is 3.52. The lowest BCUT2D eigenvalue weighted by atomic mass is 9.88. The summed E-state index contributed by atoms with van der Waals surface area (Å²) < 4.78 is 0. The summed E-state index contributed by atoms with van der Waals surface area (Å²) in [5, 5.41) is 22.6. The molecule has 3 unspecified atom stereocenters. The van der Waals surface area contributed by atoms with Crippen LogP contribution in [0, 0.1) is 11.8 Å². The van der Waals surface area contributed by atoms with Crippen LogP contribution in [-0.2, 0) is 0 Å².